The number of alkyl halides is 1. The smallest absolute Gasteiger partial charge is 0.258 e. The van der Waals surface area contributed by atoms with Gasteiger partial charge in [0.1, 0.15) is 0 Å². The van der Waals surface area contributed by atoms with Crippen molar-refractivity contribution in [2.45, 2.75) is 11.8 Å². The SMILES string of the molecule is Cc1ccccc1C1(Cl)C(=O)Nc2ccc(Cl)cc2C1=O. The van der Waals surface area contributed by atoms with Gasteiger partial charge in [-0.25, -0.2) is 0 Å². The number of hydrogen-bond donors (Lipinski definition) is 1. The molecule has 0 radical (unpaired) electrons. The Balaban J connectivity index is 2.23. The molecular weight excluding hydrogens is 309 g/mol. The average Bonchev–Trinajstić information content (AvgIpc) is 2.46. The Labute approximate surface area is 131 Å². The fraction of sp³-hybridized carbons (Fsp3) is 0.125. The molecule has 2 aromatic carbocycles. The summed E-state index contributed by atoms with van der Waals surface area (Å²) in [5, 5.41) is 3.10. The first-order valence-electron chi connectivity index (χ1n) is 6.35. The molecule has 2 aromatic rings. The molecule has 0 spiro atoms. The molecule has 1 heterocycles. The zero-order chi connectivity index (χ0) is 15.2. The van der Waals surface area contributed by atoms with E-state index in [1.807, 2.05) is 19.1 Å². The predicted octanol–water partition coefficient (Wildman–Crippen LogP) is 3.92. The Hall–Kier alpha value is -1.84. The van der Waals surface area contributed by atoms with Gasteiger partial charge in [0.05, 0.1) is 5.69 Å². The number of hydrogen-bond acceptors (Lipinski definition) is 2. The van der Waals surface area contributed by atoms with Crippen molar-refractivity contribution in [1.29, 1.82) is 0 Å². The fourth-order valence-corrected chi connectivity index (χ4v) is 3.05. The van der Waals surface area contributed by atoms with Crippen LogP contribution < -0.4 is 5.32 Å². The molecule has 1 aliphatic rings. The third kappa shape index (κ3) is 2.04. The molecule has 0 bridgehead atoms. The van der Waals surface area contributed by atoms with Crippen LogP contribution in [0.1, 0.15) is 21.5 Å². The van der Waals surface area contributed by atoms with Gasteiger partial charge in [0.2, 0.25) is 4.87 Å². The summed E-state index contributed by atoms with van der Waals surface area (Å²) in [5.41, 5.74) is 2.01. The molecule has 1 unspecified atom stereocenters. The van der Waals surface area contributed by atoms with E-state index in [1.165, 1.54) is 6.07 Å². The number of fused-ring (bicyclic) bond motifs is 1. The lowest BCUT2D eigenvalue weighted by Crippen LogP contribution is -2.46. The molecule has 1 amide bonds. The van der Waals surface area contributed by atoms with Crippen LogP contribution in [-0.2, 0) is 9.67 Å². The van der Waals surface area contributed by atoms with Crippen molar-refractivity contribution in [3.8, 4) is 0 Å². The maximum Gasteiger partial charge on any atom is 0.258 e. The number of carbonyl (C=O) groups excluding carboxylic acids is 2. The normalized spacial score (nSPS) is 20.9. The van der Waals surface area contributed by atoms with Crippen LogP contribution in [0.4, 0.5) is 5.69 Å². The highest BCUT2D eigenvalue weighted by Crippen LogP contribution is 2.41. The van der Waals surface area contributed by atoms with Crippen molar-refractivity contribution >= 4 is 40.6 Å². The molecule has 0 aliphatic carbocycles. The van der Waals surface area contributed by atoms with Gasteiger partial charge in [0.15, 0.2) is 5.78 Å². The Morgan fingerprint density at radius 1 is 1.10 bits per heavy atom. The van der Waals surface area contributed by atoms with Gasteiger partial charge in [-0.2, -0.15) is 0 Å². The monoisotopic (exact) mass is 319 g/mol. The minimum absolute atomic E-state index is 0.320. The van der Waals surface area contributed by atoms with Crippen molar-refractivity contribution in [3.63, 3.8) is 0 Å². The van der Waals surface area contributed by atoms with E-state index in [1.54, 1.807) is 24.3 Å². The predicted molar refractivity (Wildman–Crippen MR) is 83.1 cm³/mol. The van der Waals surface area contributed by atoms with E-state index in [2.05, 4.69) is 5.32 Å². The maximum absolute atomic E-state index is 12.8. The molecule has 106 valence electrons. The van der Waals surface area contributed by atoms with E-state index in [0.717, 1.165) is 5.56 Å². The number of aryl methyl sites for hydroxylation is 1. The summed E-state index contributed by atoms with van der Waals surface area (Å²) in [6.07, 6.45) is 0. The van der Waals surface area contributed by atoms with Crippen LogP contribution >= 0.6 is 23.2 Å². The van der Waals surface area contributed by atoms with Gasteiger partial charge < -0.3 is 5.32 Å². The quantitative estimate of drug-likeness (QED) is 0.639. The van der Waals surface area contributed by atoms with Crippen LogP contribution in [0, 0.1) is 6.92 Å². The number of benzene rings is 2. The largest absolute Gasteiger partial charge is 0.323 e. The van der Waals surface area contributed by atoms with Crippen LogP contribution in [0.3, 0.4) is 0 Å². The molecule has 0 saturated heterocycles. The van der Waals surface area contributed by atoms with Crippen LogP contribution in [0.15, 0.2) is 42.5 Å². The highest BCUT2D eigenvalue weighted by Gasteiger charge is 2.50. The summed E-state index contributed by atoms with van der Waals surface area (Å²) < 4.78 is 0. The van der Waals surface area contributed by atoms with E-state index >= 15 is 0 Å². The minimum Gasteiger partial charge on any atom is -0.323 e. The highest BCUT2D eigenvalue weighted by molar-refractivity contribution is 6.52. The van der Waals surface area contributed by atoms with Gasteiger partial charge >= 0.3 is 0 Å². The molecule has 0 fully saturated rings. The van der Waals surface area contributed by atoms with Crippen molar-refractivity contribution in [2.24, 2.45) is 0 Å². The van der Waals surface area contributed by atoms with Crippen molar-refractivity contribution in [3.05, 3.63) is 64.2 Å². The van der Waals surface area contributed by atoms with Gasteiger partial charge in [0.25, 0.3) is 5.91 Å². The number of carbonyl (C=O) groups is 2. The Bertz CT molecular complexity index is 773. The lowest BCUT2D eigenvalue weighted by Gasteiger charge is -2.31. The molecule has 5 heteroatoms. The van der Waals surface area contributed by atoms with Gasteiger partial charge in [-0.15, -0.1) is 0 Å². The average molecular weight is 320 g/mol. The van der Waals surface area contributed by atoms with Gasteiger partial charge in [-0.05, 0) is 36.2 Å². The molecule has 3 nitrogen and oxygen atoms in total. The zero-order valence-corrected chi connectivity index (χ0v) is 12.6. The summed E-state index contributed by atoms with van der Waals surface area (Å²) in [6, 6.07) is 11.8. The first kappa shape index (κ1) is 14.1. The van der Waals surface area contributed by atoms with E-state index in [4.69, 9.17) is 23.2 Å². The number of nitrogens with one attached hydrogen (secondary N) is 1. The van der Waals surface area contributed by atoms with Crippen LogP contribution in [0.25, 0.3) is 0 Å². The Kier molecular flexibility index (Phi) is 3.27. The molecule has 0 aromatic heterocycles. The number of rotatable bonds is 1. The van der Waals surface area contributed by atoms with E-state index in [0.29, 0.717) is 21.8 Å². The maximum atomic E-state index is 12.8. The second-order valence-electron chi connectivity index (χ2n) is 4.95. The zero-order valence-electron chi connectivity index (χ0n) is 11.1. The summed E-state index contributed by atoms with van der Waals surface area (Å²) in [7, 11) is 0. The molecule has 1 N–H and O–H groups in total. The van der Waals surface area contributed by atoms with Crippen molar-refractivity contribution in [1.82, 2.24) is 0 Å². The van der Waals surface area contributed by atoms with Gasteiger partial charge in [0, 0.05) is 10.6 Å². The highest BCUT2D eigenvalue weighted by atomic mass is 35.5. The van der Waals surface area contributed by atoms with Crippen molar-refractivity contribution in [2.75, 3.05) is 5.32 Å². The molecular formula is C16H11Cl2NO2. The number of ketones is 1. The third-order valence-electron chi connectivity index (χ3n) is 3.62. The lowest BCUT2D eigenvalue weighted by atomic mass is 9.83. The second-order valence-corrected chi connectivity index (χ2v) is 5.95. The summed E-state index contributed by atoms with van der Waals surface area (Å²) >= 11 is 12.4. The van der Waals surface area contributed by atoms with Crippen LogP contribution in [-0.4, -0.2) is 11.7 Å². The molecule has 0 saturated carbocycles. The lowest BCUT2D eigenvalue weighted by molar-refractivity contribution is -0.118. The Morgan fingerprint density at radius 3 is 2.52 bits per heavy atom. The van der Waals surface area contributed by atoms with E-state index in [-0.39, 0.29) is 0 Å². The topological polar surface area (TPSA) is 46.2 Å². The first-order valence-corrected chi connectivity index (χ1v) is 7.11. The van der Waals surface area contributed by atoms with Crippen LogP contribution in [0.5, 0.6) is 0 Å². The first-order chi connectivity index (χ1) is 9.94. The van der Waals surface area contributed by atoms with Gasteiger partial charge in [-0.1, -0.05) is 47.5 Å². The summed E-state index contributed by atoms with van der Waals surface area (Å²) in [4.78, 5) is 23.5. The van der Waals surface area contributed by atoms with E-state index < -0.39 is 16.6 Å². The summed E-state index contributed by atoms with van der Waals surface area (Å²) in [6.45, 7) is 1.81. The number of anilines is 1. The number of Topliss-reactive ketones (excluding diaryl/α,β-unsaturated/α-hetero) is 1. The standard InChI is InChI=1S/C16H11Cl2NO2/c1-9-4-2-3-5-12(9)16(18)14(20)11-8-10(17)6-7-13(11)19-15(16)21/h2-8H,1H3,(H,19,21). The number of halogens is 2. The molecule has 1 atom stereocenters. The Morgan fingerprint density at radius 2 is 1.81 bits per heavy atom. The second kappa shape index (κ2) is 4.86. The summed E-state index contributed by atoms with van der Waals surface area (Å²) in [5.74, 6) is -1.00. The number of amides is 1. The molecule has 1 aliphatic heterocycles. The van der Waals surface area contributed by atoms with Crippen LogP contribution in [0.2, 0.25) is 5.02 Å². The third-order valence-corrected chi connectivity index (χ3v) is 4.40. The minimum atomic E-state index is -1.76. The van der Waals surface area contributed by atoms with Gasteiger partial charge in [-0.3, -0.25) is 9.59 Å². The van der Waals surface area contributed by atoms with E-state index in [9.17, 15) is 9.59 Å². The molecule has 21 heavy (non-hydrogen) atoms. The fourth-order valence-electron chi connectivity index (χ4n) is 2.51. The molecule has 3 rings (SSSR count). The van der Waals surface area contributed by atoms with Crippen molar-refractivity contribution < 1.29 is 9.59 Å².